The van der Waals surface area contributed by atoms with Crippen LogP contribution in [0, 0.1) is 6.92 Å². The largest absolute Gasteiger partial charge is 0.480 e. The maximum Gasteiger partial charge on any atom is 0.323 e. The number of rotatable bonds is 4. The molecule has 1 aromatic carbocycles. The van der Waals surface area contributed by atoms with Gasteiger partial charge in [-0.05, 0) is 19.1 Å². The number of methoxy groups -OCH3 is 1. The maximum absolute atomic E-state index is 12.3. The molecule has 0 aliphatic rings. The van der Waals surface area contributed by atoms with Crippen molar-refractivity contribution in [1.29, 1.82) is 0 Å². The van der Waals surface area contributed by atoms with Gasteiger partial charge in [-0.2, -0.15) is 5.10 Å². The number of nitrogens with one attached hydrogen (secondary N) is 2. The van der Waals surface area contributed by atoms with Gasteiger partial charge in [-0.1, -0.05) is 12.1 Å². The SMILES string of the molecule is COc1c(NC(=O)Nc2cccc(-c3nccn3C)c2)c(C)nn1C. The highest BCUT2D eigenvalue weighted by molar-refractivity contribution is 6.01. The van der Waals surface area contributed by atoms with E-state index in [1.165, 1.54) is 7.11 Å². The molecule has 0 unspecified atom stereocenters. The zero-order chi connectivity index (χ0) is 18.0. The van der Waals surface area contributed by atoms with Gasteiger partial charge in [0.25, 0.3) is 0 Å². The van der Waals surface area contributed by atoms with E-state index in [2.05, 4.69) is 20.7 Å². The second-order valence-corrected chi connectivity index (χ2v) is 5.61. The third kappa shape index (κ3) is 3.32. The van der Waals surface area contributed by atoms with Crippen molar-refractivity contribution in [3.63, 3.8) is 0 Å². The molecule has 8 nitrogen and oxygen atoms in total. The van der Waals surface area contributed by atoms with Crippen molar-refractivity contribution >= 4 is 17.4 Å². The number of carbonyl (C=O) groups excluding carboxylic acids is 1. The van der Waals surface area contributed by atoms with E-state index >= 15 is 0 Å². The lowest BCUT2D eigenvalue weighted by Crippen LogP contribution is -2.20. The van der Waals surface area contributed by atoms with E-state index in [1.807, 2.05) is 42.1 Å². The maximum atomic E-state index is 12.3. The second kappa shape index (κ2) is 6.68. The molecular formula is C17H20N6O2. The molecule has 0 radical (unpaired) electrons. The summed E-state index contributed by atoms with van der Waals surface area (Å²) in [4.78, 5) is 16.7. The minimum absolute atomic E-state index is 0.369. The summed E-state index contributed by atoms with van der Waals surface area (Å²) in [6.45, 7) is 1.81. The summed E-state index contributed by atoms with van der Waals surface area (Å²) in [6.07, 6.45) is 3.61. The van der Waals surface area contributed by atoms with Crippen LogP contribution in [0.2, 0.25) is 0 Å². The van der Waals surface area contributed by atoms with Crippen molar-refractivity contribution < 1.29 is 9.53 Å². The topological polar surface area (TPSA) is 86.0 Å². The standard InChI is InChI=1S/C17H20N6O2/c1-11-14(16(25-4)23(3)21-11)20-17(24)19-13-7-5-6-12(10-13)15-18-8-9-22(15)2/h5-10H,1-4H3,(H2,19,20,24). The van der Waals surface area contributed by atoms with Crippen molar-refractivity contribution in [3.05, 3.63) is 42.4 Å². The smallest absolute Gasteiger partial charge is 0.323 e. The van der Waals surface area contributed by atoms with Crippen LogP contribution in [0.5, 0.6) is 5.88 Å². The van der Waals surface area contributed by atoms with Crippen molar-refractivity contribution in [2.45, 2.75) is 6.92 Å². The molecule has 0 saturated carbocycles. The molecule has 0 spiro atoms. The Morgan fingerprint density at radius 3 is 2.72 bits per heavy atom. The third-order valence-electron chi connectivity index (χ3n) is 3.80. The quantitative estimate of drug-likeness (QED) is 0.765. The van der Waals surface area contributed by atoms with Gasteiger partial charge in [-0.25, -0.2) is 14.5 Å². The Morgan fingerprint density at radius 2 is 2.04 bits per heavy atom. The van der Waals surface area contributed by atoms with E-state index in [0.717, 1.165) is 11.4 Å². The van der Waals surface area contributed by atoms with Gasteiger partial charge in [-0.15, -0.1) is 0 Å². The predicted molar refractivity (Wildman–Crippen MR) is 95.8 cm³/mol. The molecule has 2 N–H and O–H groups in total. The number of ether oxygens (including phenoxy) is 1. The fourth-order valence-electron chi connectivity index (χ4n) is 2.67. The Hall–Kier alpha value is -3.29. The first kappa shape index (κ1) is 16.6. The number of imidazole rings is 1. The number of hydrogen-bond donors (Lipinski definition) is 2. The van der Waals surface area contributed by atoms with Gasteiger partial charge in [0.05, 0.1) is 12.8 Å². The van der Waals surface area contributed by atoms with Crippen molar-refractivity contribution in [1.82, 2.24) is 19.3 Å². The molecule has 8 heteroatoms. The number of aromatic nitrogens is 4. The fraction of sp³-hybridized carbons (Fsp3) is 0.235. The fourth-order valence-corrected chi connectivity index (χ4v) is 2.67. The molecule has 3 aromatic rings. The monoisotopic (exact) mass is 340 g/mol. The molecule has 0 aliphatic carbocycles. The number of anilines is 2. The van der Waals surface area contributed by atoms with Crippen LogP contribution in [0.3, 0.4) is 0 Å². The van der Waals surface area contributed by atoms with Crippen LogP contribution >= 0.6 is 0 Å². The van der Waals surface area contributed by atoms with Crippen molar-refractivity contribution in [2.24, 2.45) is 14.1 Å². The van der Waals surface area contributed by atoms with Crippen LogP contribution in [0.25, 0.3) is 11.4 Å². The van der Waals surface area contributed by atoms with Gasteiger partial charge < -0.3 is 19.9 Å². The Kier molecular flexibility index (Phi) is 4.42. The predicted octanol–water partition coefficient (Wildman–Crippen LogP) is 2.78. The van der Waals surface area contributed by atoms with Gasteiger partial charge in [0.1, 0.15) is 11.5 Å². The minimum atomic E-state index is -0.369. The van der Waals surface area contributed by atoms with Gasteiger partial charge in [-0.3, -0.25) is 0 Å². The van der Waals surface area contributed by atoms with Gasteiger partial charge in [0, 0.05) is 37.7 Å². The summed E-state index contributed by atoms with van der Waals surface area (Å²) in [6, 6.07) is 7.13. The van der Waals surface area contributed by atoms with Crippen molar-refractivity contribution in [2.75, 3.05) is 17.7 Å². The van der Waals surface area contributed by atoms with Crippen LogP contribution in [0.4, 0.5) is 16.2 Å². The second-order valence-electron chi connectivity index (χ2n) is 5.61. The molecular weight excluding hydrogens is 320 g/mol. The van der Waals surface area contributed by atoms with E-state index < -0.39 is 0 Å². The van der Waals surface area contributed by atoms with Crippen LogP contribution in [-0.4, -0.2) is 32.5 Å². The highest BCUT2D eigenvalue weighted by Crippen LogP contribution is 2.27. The molecule has 2 heterocycles. The van der Waals surface area contributed by atoms with Gasteiger partial charge >= 0.3 is 6.03 Å². The lowest BCUT2D eigenvalue weighted by molar-refractivity contribution is 0.262. The van der Waals surface area contributed by atoms with E-state index in [4.69, 9.17) is 4.74 Å². The number of aryl methyl sites for hydroxylation is 3. The van der Waals surface area contributed by atoms with Crippen molar-refractivity contribution in [3.8, 4) is 17.3 Å². The van der Waals surface area contributed by atoms with E-state index in [0.29, 0.717) is 22.9 Å². The molecule has 130 valence electrons. The van der Waals surface area contributed by atoms with Gasteiger partial charge in [0.15, 0.2) is 0 Å². The highest BCUT2D eigenvalue weighted by atomic mass is 16.5. The zero-order valence-corrected chi connectivity index (χ0v) is 14.6. The Bertz CT molecular complexity index is 912. The molecule has 0 fully saturated rings. The lowest BCUT2D eigenvalue weighted by Gasteiger charge is -2.10. The Balaban J connectivity index is 1.77. The summed E-state index contributed by atoms with van der Waals surface area (Å²) < 4.78 is 8.77. The normalized spacial score (nSPS) is 10.6. The molecule has 0 bridgehead atoms. The van der Waals surface area contributed by atoms with E-state index in [-0.39, 0.29) is 6.03 Å². The van der Waals surface area contributed by atoms with Gasteiger partial charge in [0.2, 0.25) is 5.88 Å². The molecule has 2 aromatic heterocycles. The molecule has 0 atom stereocenters. The number of amides is 2. The number of carbonyl (C=O) groups is 1. The van der Waals surface area contributed by atoms with E-state index in [1.54, 1.807) is 24.9 Å². The summed E-state index contributed by atoms with van der Waals surface area (Å²) in [5, 5.41) is 9.84. The molecule has 2 amide bonds. The summed E-state index contributed by atoms with van der Waals surface area (Å²) in [5.74, 6) is 1.32. The molecule has 3 rings (SSSR count). The summed E-state index contributed by atoms with van der Waals surface area (Å²) >= 11 is 0. The first-order valence-electron chi connectivity index (χ1n) is 7.73. The average Bonchev–Trinajstić information content (AvgIpc) is 3.11. The average molecular weight is 340 g/mol. The molecule has 0 saturated heterocycles. The Morgan fingerprint density at radius 1 is 1.24 bits per heavy atom. The number of urea groups is 1. The summed E-state index contributed by atoms with van der Waals surface area (Å²) in [7, 11) is 5.22. The van der Waals surface area contributed by atoms with Crippen LogP contribution < -0.4 is 15.4 Å². The Labute approximate surface area is 145 Å². The summed E-state index contributed by atoms with van der Waals surface area (Å²) in [5.41, 5.74) is 2.80. The number of hydrogen-bond acceptors (Lipinski definition) is 4. The van der Waals surface area contributed by atoms with Crippen LogP contribution in [0.15, 0.2) is 36.7 Å². The lowest BCUT2D eigenvalue weighted by atomic mass is 10.2. The molecule has 0 aliphatic heterocycles. The number of benzene rings is 1. The van der Waals surface area contributed by atoms with Crippen LogP contribution in [-0.2, 0) is 14.1 Å². The third-order valence-corrected chi connectivity index (χ3v) is 3.80. The minimum Gasteiger partial charge on any atom is -0.480 e. The first-order valence-corrected chi connectivity index (χ1v) is 7.73. The highest BCUT2D eigenvalue weighted by Gasteiger charge is 2.16. The first-order chi connectivity index (χ1) is 12.0. The molecule has 25 heavy (non-hydrogen) atoms. The van der Waals surface area contributed by atoms with E-state index in [9.17, 15) is 4.79 Å². The number of nitrogens with zero attached hydrogens (tertiary/aromatic N) is 4. The van der Waals surface area contributed by atoms with Crippen LogP contribution in [0.1, 0.15) is 5.69 Å². The zero-order valence-electron chi connectivity index (χ0n) is 14.6.